The molecule has 1 aromatic rings. The maximum Gasteiger partial charge on any atom is 0.416 e. The van der Waals surface area contributed by atoms with Gasteiger partial charge in [-0.2, -0.15) is 18.2 Å². The fourth-order valence-electron chi connectivity index (χ4n) is 2.08. The van der Waals surface area contributed by atoms with Crippen molar-refractivity contribution in [2.45, 2.75) is 25.1 Å². The second kappa shape index (κ2) is 5.84. The molecule has 0 saturated carbocycles. The molecule has 1 aromatic heterocycles. The number of aromatic nitrogens is 1. The maximum atomic E-state index is 12.8. The summed E-state index contributed by atoms with van der Waals surface area (Å²) in [6.45, 7) is 1.71. The van der Waals surface area contributed by atoms with E-state index in [1.165, 1.54) is 0 Å². The van der Waals surface area contributed by atoms with Crippen molar-refractivity contribution in [3.63, 3.8) is 0 Å². The summed E-state index contributed by atoms with van der Waals surface area (Å²) in [6.07, 6.45) is -3.05. The van der Waals surface area contributed by atoms with Crippen molar-refractivity contribution in [2.75, 3.05) is 25.6 Å². The van der Waals surface area contributed by atoms with Crippen LogP contribution < -0.4 is 16.0 Å². The minimum atomic E-state index is -4.46. The largest absolute Gasteiger partial charge is 0.474 e. The molecule has 112 valence electrons. The van der Waals surface area contributed by atoms with E-state index in [2.05, 4.69) is 15.3 Å². The molecule has 1 fully saturated rings. The van der Waals surface area contributed by atoms with Gasteiger partial charge >= 0.3 is 6.18 Å². The Morgan fingerprint density at radius 3 is 2.55 bits per heavy atom. The lowest BCUT2D eigenvalue weighted by Crippen LogP contribution is -2.35. The van der Waals surface area contributed by atoms with E-state index in [0.717, 1.165) is 38.1 Å². The van der Waals surface area contributed by atoms with Gasteiger partial charge in [-0.1, -0.05) is 0 Å². The third-order valence-corrected chi connectivity index (χ3v) is 3.23. The highest BCUT2D eigenvalue weighted by Gasteiger charge is 2.32. The number of hydrogen-bond donors (Lipinski definition) is 2. The molecule has 1 saturated heterocycles. The first-order valence-electron chi connectivity index (χ1n) is 6.29. The van der Waals surface area contributed by atoms with Gasteiger partial charge in [0.1, 0.15) is 11.9 Å². The average Bonchev–Trinajstić information content (AvgIpc) is 2.40. The molecular formula is C12H17F3N4O. The van der Waals surface area contributed by atoms with Crippen LogP contribution in [0.4, 0.5) is 19.0 Å². The summed E-state index contributed by atoms with van der Waals surface area (Å²) in [7, 11) is 2.00. The highest BCUT2D eigenvalue weighted by Crippen LogP contribution is 2.33. The van der Waals surface area contributed by atoms with Gasteiger partial charge in [0.25, 0.3) is 0 Å². The minimum Gasteiger partial charge on any atom is -0.474 e. The van der Waals surface area contributed by atoms with Crippen LogP contribution in [-0.2, 0) is 6.18 Å². The monoisotopic (exact) mass is 290 g/mol. The fraction of sp³-hybridized carbons (Fsp3) is 0.583. The molecule has 8 heteroatoms. The lowest BCUT2D eigenvalue weighted by molar-refractivity contribution is -0.137. The Balaban J connectivity index is 2.14. The SMILES string of the molecule is CN1CCC(Oc2cc(C(F)(F)F)cc(NN)n2)CC1. The van der Waals surface area contributed by atoms with Gasteiger partial charge in [0, 0.05) is 19.2 Å². The molecule has 2 heterocycles. The molecule has 1 aliphatic rings. The Bertz CT molecular complexity index is 459. The normalized spacial score (nSPS) is 18.1. The lowest BCUT2D eigenvalue weighted by Gasteiger charge is -2.29. The number of hydrogen-bond acceptors (Lipinski definition) is 5. The van der Waals surface area contributed by atoms with Crippen LogP contribution in [-0.4, -0.2) is 36.1 Å². The van der Waals surface area contributed by atoms with E-state index in [1.54, 1.807) is 0 Å². The summed E-state index contributed by atoms with van der Waals surface area (Å²) in [5.74, 6) is 5.02. The molecule has 3 N–H and O–H groups in total. The number of hydrazine groups is 1. The van der Waals surface area contributed by atoms with E-state index in [9.17, 15) is 13.2 Å². The molecule has 2 rings (SSSR count). The maximum absolute atomic E-state index is 12.8. The summed E-state index contributed by atoms with van der Waals surface area (Å²) in [5.41, 5.74) is 1.29. The molecule has 5 nitrogen and oxygen atoms in total. The zero-order valence-electron chi connectivity index (χ0n) is 11.1. The molecule has 0 atom stereocenters. The number of anilines is 1. The van der Waals surface area contributed by atoms with Crippen LogP contribution in [0.1, 0.15) is 18.4 Å². The number of likely N-dealkylation sites (tertiary alicyclic amines) is 1. The second-order valence-electron chi connectivity index (χ2n) is 4.84. The minimum absolute atomic E-state index is 0.0534. The predicted molar refractivity (Wildman–Crippen MR) is 68.2 cm³/mol. The van der Waals surface area contributed by atoms with Crippen molar-refractivity contribution >= 4 is 5.82 Å². The number of nitrogens with two attached hydrogens (primary N) is 1. The van der Waals surface area contributed by atoms with Crippen molar-refractivity contribution in [3.05, 3.63) is 17.7 Å². The predicted octanol–water partition coefficient (Wildman–Crippen LogP) is 1.86. The number of ether oxygens (including phenoxy) is 1. The highest BCUT2D eigenvalue weighted by atomic mass is 19.4. The first-order valence-corrected chi connectivity index (χ1v) is 6.29. The van der Waals surface area contributed by atoms with Crippen LogP contribution in [0.25, 0.3) is 0 Å². The van der Waals surface area contributed by atoms with Crippen molar-refractivity contribution in [3.8, 4) is 5.88 Å². The Labute approximate surface area is 114 Å². The van der Waals surface area contributed by atoms with Gasteiger partial charge in [0.2, 0.25) is 5.88 Å². The molecule has 20 heavy (non-hydrogen) atoms. The van der Waals surface area contributed by atoms with Gasteiger partial charge in [-0.05, 0) is 26.0 Å². The zero-order chi connectivity index (χ0) is 14.8. The van der Waals surface area contributed by atoms with Gasteiger partial charge in [-0.3, -0.25) is 0 Å². The number of piperidine rings is 1. The van der Waals surface area contributed by atoms with E-state index in [-0.39, 0.29) is 17.8 Å². The molecular weight excluding hydrogens is 273 g/mol. The topological polar surface area (TPSA) is 63.4 Å². The fourth-order valence-corrected chi connectivity index (χ4v) is 2.08. The first-order chi connectivity index (χ1) is 9.38. The summed E-state index contributed by atoms with van der Waals surface area (Å²) < 4.78 is 43.8. The van der Waals surface area contributed by atoms with Gasteiger partial charge in [-0.25, -0.2) is 5.84 Å². The van der Waals surface area contributed by atoms with Crippen LogP contribution in [0.2, 0.25) is 0 Å². The van der Waals surface area contributed by atoms with E-state index >= 15 is 0 Å². The summed E-state index contributed by atoms with van der Waals surface area (Å²) in [5, 5.41) is 0. The molecule has 0 unspecified atom stereocenters. The molecule has 0 bridgehead atoms. The van der Waals surface area contributed by atoms with Crippen LogP contribution in [0, 0.1) is 0 Å². The number of nitrogen functional groups attached to an aromatic ring is 1. The van der Waals surface area contributed by atoms with E-state index < -0.39 is 11.7 Å². The van der Waals surface area contributed by atoms with E-state index in [4.69, 9.17) is 10.6 Å². The molecule has 0 aromatic carbocycles. The van der Waals surface area contributed by atoms with Crippen molar-refractivity contribution in [2.24, 2.45) is 5.84 Å². The number of nitrogens with zero attached hydrogens (tertiary/aromatic N) is 2. The van der Waals surface area contributed by atoms with E-state index in [0.29, 0.717) is 0 Å². The molecule has 0 aliphatic carbocycles. The highest BCUT2D eigenvalue weighted by molar-refractivity contribution is 5.41. The van der Waals surface area contributed by atoms with Gasteiger partial charge < -0.3 is 15.1 Å². The second-order valence-corrected chi connectivity index (χ2v) is 4.84. The Morgan fingerprint density at radius 2 is 2.00 bits per heavy atom. The molecule has 0 radical (unpaired) electrons. The smallest absolute Gasteiger partial charge is 0.416 e. The quantitative estimate of drug-likeness (QED) is 0.657. The lowest BCUT2D eigenvalue weighted by atomic mass is 10.1. The summed E-state index contributed by atoms with van der Waals surface area (Å²) in [6, 6.07) is 1.75. The third-order valence-electron chi connectivity index (χ3n) is 3.23. The van der Waals surface area contributed by atoms with E-state index in [1.807, 2.05) is 7.05 Å². The van der Waals surface area contributed by atoms with Gasteiger partial charge in [0.15, 0.2) is 0 Å². The first kappa shape index (κ1) is 14.9. The number of pyridine rings is 1. The molecule has 0 spiro atoms. The molecule has 0 amide bonds. The standard InChI is InChI=1S/C12H17F3N4O/c1-19-4-2-9(3-5-19)20-11-7-8(12(13,14)15)6-10(17-11)18-16/h6-7,9H,2-5,16H2,1H3,(H,17,18). The summed E-state index contributed by atoms with van der Waals surface area (Å²) in [4.78, 5) is 6.05. The number of rotatable bonds is 3. The Hall–Kier alpha value is -1.54. The van der Waals surface area contributed by atoms with Crippen LogP contribution in [0.5, 0.6) is 5.88 Å². The Kier molecular flexibility index (Phi) is 4.34. The number of nitrogens with one attached hydrogen (secondary N) is 1. The average molecular weight is 290 g/mol. The number of alkyl halides is 3. The third kappa shape index (κ3) is 3.73. The van der Waals surface area contributed by atoms with Gasteiger partial charge in [-0.15, -0.1) is 0 Å². The number of halogens is 3. The van der Waals surface area contributed by atoms with Crippen molar-refractivity contribution in [1.29, 1.82) is 0 Å². The van der Waals surface area contributed by atoms with Crippen molar-refractivity contribution in [1.82, 2.24) is 9.88 Å². The molecule has 1 aliphatic heterocycles. The summed E-state index contributed by atoms with van der Waals surface area (Å²) >= 11 is 0. The van der Waals surface area contributed by atoms with Crippen LogP contribution in [0.3, 0.4) is 0 Å². The van der Waals surface area contributed by atoms with Gasteiger partial charge in [0.05, 0.1) is 5.56 Å². The van der Waals surface area contributed by atoms with Crippen LogP contribution >= 0.6 is 0 Å². The Morgan fingerprint density at radius 1 is 1.35 bits per heavy atom. The van der Waals surface area contributed by atoms with Crippen LogP contribution in [0.15, 0.2) is 12.1 Å². The van der Waals surface area contributed by atoms with Crippen molar-refractivity contribution < 1.29 is 17.9 Å². The zero-order valence-corrected chi connectivity index (χ0v) is 11.1.